The van der Waals surface area contributed by atoms with Gasteiger partial charge in [-0.2, -0.15) is 0 Å². The van der Waals surface area contributed by atoms with Crippen LogP contribution < -0.4 is 0 Å². The van der Waals surface area contributed by atoms with Gasteiger partial charge in [-0.1, -0.05) is 23.7 Å². The van der Waals surface area contributed by atoms with Crippen molar-refractivity contribution >= 4 is 27.5 Å². The van der Waals surface area contributed by atoms with Crippen LogP contribution in [0.2, 0.25) is 5.02 Å². The van der Waals surface area contributed by atoms with Gasteiger partial charge in [0.15, 0.2) is 0 Å². The van der Waals surface area contributed by atoms with E-state index >= 15 is 0 Å². The van der Waals surface area contributed by atoms with Crippen molar-refractivity contribution in [2.75, 3.05) is 0 Å². The van der Waals surface area contributed by atoms with Crippen molar-refractivity contribution in [3.63, 3.8) is 0 Å². The highest BCUT2D eigenvalue weighted by Crippen LogP contribution is 2.15. The Morgan fingerprint density at radius 3 is 2.62 bits per heavy atom. The molecule has 0 aliphatic heterocycles. The second-order valence-electron chi connectivity index (χ2n) is 3.64. The molecule has 0 aliphatic carbocycles. The van der Waals surface area contributed by atoms with Crippen LogP contribution in [-0.2, 0) is 12.8 Å². The average Bonchev–Trinajstić information content (AvgIpc) is 2.27. The molecular weight excluding hydrogens is 286 g/mol. The molecule has 2 aromatic rings. The van der Waals surface area contributed by atoms with E-state index in [0.717, 1.165) is 22.3 Å². The van der Waals surface area contributed by atoms with Gasteiger partial charge in [0.05, 0.1) is 0 Å². The Morgan fingerprint density at radius 2 is 1.88 bits per heavy atom. The lowest BCUT2D eigenvalue weighted by atomic mass is 10.1. The molecule has 1 heterocycles. The summed E-state index contributed by atoms with van der Waals surface area (Å²) in [5.41, 5.74) is 2.49. The number of benzene rings is 1. The number of rotatable bonds is 3. The fraction of sp³-hybridized carbons (Fsp3) is 0.154. The molecule has 1 aromatic carbocycles. The van der Waals surface area contributed by atoms with E-state index in [4.69, 9.17) is 11.6 Å². The molecule has 0 unspecified atom stereocenters. The van der Waals surface area contributed by atoms with E-state index in [2.05, 4.69) is 33.0 Å². The van der Waals surface area contributed by atoms with Gasteiger partial charge in [0.2, 0.25) is 0 Å². The molecule has 0 radical (unpaired) electrons. The number of hydrogen-bond donors (Lipinski definition) is 0. The molecule has 3 heteroatoms. The van der Waals surface area contributed by atoms with Crippen molar-refractivity contribution < 1.29 is 0 Å². The van der Waals surface area contributed by atoms with Gasteiger partial charge < -0.3 is 0 Å². The fourth-order valence-electron chi connectivity index (χ4n) is 1.57. The minimum absolute atomic E-state index is 0.796. The van der Waals surface area contributed by atoms with Gasteiger partial charge in [0.1, 0.15) is 0 Å². The number of nitrogens with zero attached hydrogens (tertiary/aromatic N) is 1. The van der Waals surface area contributed by atoms with Crippen molar-refractivity contribution in [3.05, 3.63) is 63.3 Å². The van der Waals surface area contributed by atoms with Gasteiger partial charge in [-0.25, -0.2) is 0 Å². The van der Waals surface area contributed by atoms with Crippen molar-refractivity contribution in [1.29, 1.82) is 0 Å². The monoisotopic (exact) mass is 295 g/mol. The first-order valence-electron chi connectivity index (χ1n) is 5.08. The zero-order valence-corrected chi connectivity index (χ0v) is 11.0. The molecule has 0 atom stereocenters. The van der Waals surface area contributed by atoms with Gasteiger partial charge in [-0.15, -0.1) is 0 Å². The Kier molecular flexibility index (Phi) is 3.97. The van der Waals surface area contributed by atoms with Crippen LogP contribution in [0.3, 0.4) is 0 Å². The van der Waals surface area contributed by atoms with Crippen LogP contribution in [-0.4, -0.2) is 4.98 Å². The average molecular weight is 297 g/mol. The van der Waals surface area contributed by atoms with Crippen LogP contribution in [0.1, 0.15) is 11.1 Å². The van der Waals surface area contributed by atoms with E-state index in [1.54, 1.807) is 6.20 Å². The number of aromatic nitrogens is 1. The predicted octanol–water partition coefficient (Wildman–Crippen LogP) is 4.28. The predicted molar refractivity (Wildman–Crippen MR) is 70.8 cm³/mol. The maximum Gasteiger partial charge on any atom is 0.0410 e. The lowest BCUT2D eigenvalue weighted by Crippen LogP contribution is -1.92. The molecule has 1 aromatic heterocycles. The van der Waals surface area contributed by atoms with E-state index in [1.807, 2.05) is 24.4 Å². The highest BCUT2D eigenvalue weighted by Gasteiger charge is 1.98. The Bertz CT molecular complexity index is 439. The third-order valence-corrected chi connectivity index (χ3v) is 3.02. The molecule has 16 heavy (non-hydrogen) atoms. The Hall–Kier alpha value is -0.860. The summed E-state index contributed by atoms with van der Waals surface area (Å²) in [5.74, 6) is 0. The minimum Gasteiger partial charge on any atom is -0.263 e. The summed E-state index contributed by atoms with van der Waals surface area (Å²) in [4.78, 5) is 4.14. The largest absolute Gasteiger partial charge is 0.263 e. The van der Waals surface area contributed by atoms with Crippen molar-refractivity contribution in [2.24, 2.45) is 0 Å². The van der Waals surface area contributed by atoms with Crippen LogP contribution in [0.4, 0.5) is 0 Å². The van der Waals surface area contributed by atoms with E-state index < -0.39 is 0 Å². The summed E-state index contributed by atoms with van der Waals surface area (Å²) in [6, 6.07) is 10.1. The third-order valence-electron chi connectivity index (χ3n) is 2.35. The van der Waals surface area contributed by atoms with E-state index in [9.17, 15) is 0 Å². The normalized spacial score (nSPS) is 10.4. The smallest absolute Gasteiger partial charge is 0.0410 e. The topological polar surface area (TPSA) is 12.9 Å². The van der Waals surface area contributed by atoms with Crippen molar-refractivity contribution in [2.45, 2.75) is 12.8 Å². The van der Waals surface area contributed by atoms with Gasteiger partial charge in [-0.3, -0.25) is 4.98 Å². The van der Waals surface area contributed by atoms with Crippen LogP contribution in [0.5, 0.6) is 0 Å². The fourth-order valence-corrected chi connectivity index (χ4v) is 2.20. The molecular formula is C13H11BrClN. The first-order chi connectivity index (χ1) is 7.74. The Balaban J connectivity index is 2.02. The van der Waals surface area contributed by atoms with E-state index in [1.165, 1.54) is 11.1 Å². The quantitative estimate of drug-likeness (QED) is 0.823. The summed E-state index contributed by atoms with van der Waals surface area (Å²) in [7, 11) is 0. The summed E-state index contributed by atoms with van der Waals surface area (Å²) in [6.45, 7) is 0. The Morgan fingerprint density at radius 1 is 1.06 bits per heavy atom. The molecule has 0 aliphatic rings. The lowest BCUT2D eigenvalue weighted by molar-refractivity contribution is 0.948. The maximum atomic E-state index is 5.93. The zero-order valence-electron chi connectivity index (χ0n) is 8.66. The maximum absolute atomic E-state index is 5.93. The number of halogens is 2. The molecule has 0 spiro atoms. The van der Waals surface area contributed by atoms with Gasteiger partial charge in [0, 0.05) is 21.9 Å². The number of aryl methyl sites for hydroxylation is 2. The SMILES string of the molecule is Clc1cccc(CCc2cncc(Br)c2)c1. The second-order valence-corrected chi connectivity index (χ2v) is 4.99. The molecule has 0 saturated carbocycles. The molecule has 0 fully saturated rings. The summed E-state index contributed by atoms with van der Waals surface area (Å²) >= 11 is 9.35. The number of hydrogen-bond acceptors (Lipinski definition) is 1. The standard InChI is InChI=1S/C13H11BrClN/c14-12-6-11(8-16-9-12)5-4-10-2-1-3-13(15)7-10/h1-3,6-9H,4-5H2. The summed E-state index contributed by atoms with van der Waals surface area (Å²) < 4.78 is 1.02. The molecule has 0 N–H and O–H groups in total. The van der Waals surface area contributed by atoms with Gasteiger partial charge in [-0.05, 0) is 58.1 Å². The van der Waals surface area contributed by atoms with Gasteiger partial charge in [0.25, 0.3) is 0 Å². The summed E-state index contributed by atoms with van der Waals surface area (Å²) in [5, 5.41) is 0.796. The van der Waals surface area contributed by atoms with Crippen LogP contribution in [0, 0.1) is 0 Å². The van der Waals surface area contributed by atoms with E-state index in [0.29, 0.717) is 0 Å². The lowest BCUT2D eigenvalue weighted by Gasteiger charge is -2.02. The minimum atomic E-state index is 0.796. The molecule has 82 valence electrons. The van der Waals surface area contributed by atoms with Crippen LogP contribution in [0.25, 0.3) is 0 Å². The molecule has 0 amide bonds. The Labute approximate surface area is 109 Å². The van der Waals surface area contributed by atoms with Gasteiger partial charge >= 0.3 is 0 Å². The third kappa shape index (κ3) is 3.32. The van der Waals surface area contributed by atoms with Crippen molar-refractivity contribution in [1.82, 2.24) is 4.98 Å². The first kappa shape index (κ1) is 11.6. The van der Waals surface area contributed by atoms with Crippen molar-refractivity contribution in [3.8, 4) is 0 Å². The molecule has 0 saturated heterocycles. The molecule has 2 rings (SSSR count). The highest BCUT2D eigenvalue weighted by molar-refractivity contribution is 9.10. The highest BCUT2D eigenvalue weighted by atomic mass is 79.9. The first-order valence-corrected chi connectivity index (χ1v) is 6.25. The summed E-state index contributed by atoms with van der Waals surface area (Å²) in [6.07, 6.45) is 5.66. The zero-order chi connectivity index (χ0) is 11.4. The molecule has 1 nitrogen and oxygen atoms in total. The van der Waals surface area contributed by atoms with Crippen LogP contribution >= 0.6 is 27.5 Å². The van der Waals surface area contributed by atoms with E-state index in [-0.39, 0.29) is 0 Å². The van der Waals surface area contributed by atoms with Crippen LogP contribution in [0.15, 0.2) is 47.2 Å². The molecule has 0 bridgehead atoms. The second kappa shape index (κ2) is 5.46. The number of pyridine rings is 1.